The third-order valence-electron chi connectivity index (χ3n) is 4.84. The third-order valence-corrected chi connectivity index (χ3v) is 6.61. The van der Waals surface area contributed by atoms with E-state index < -0.39 is 15.4 Å². The zero-order valence-electron chi connectivity index (χ0n) is 17.5. The number of nitrogens with one attached hydrogen (secondary N) is 1. The number of nitrogens with zero attached hydrogens (tertiary/aromatic N) is 1. The summed E-state index contributed by atoms with van der Waals surface area (Å²) in [5.41, 5.74) is -0.0579. The molecule has 1 amide bonds. The van der Waals surface area contributed by atoms with Crippen molar-refractivity contribution < 1.29 is 23.1 Å². The molecule has 0 spiro atoms. The summed E-state index contributed by atoms with van der Waals surface area (Å²) in [4.78, 5) is 14.1. The van der Waals surface area contributed by atoms with Crippen LogP contribution in [-0.4, -0.2) is 49.2 Å². The molecule has 1 heterocycles. The summed E-state index contributed by atoms with van der Waals surface area (Å²) in [7, 11) is -3.69. The number of carbonyl (C=O) groups is 1. The number of anilines is 1. The summed E-state index contributed by atoms with van der Waals surface area (Å²) in [6.45, 7) is 6.61. The van der Waals surface area contributed by atoms with Gasteiger partial charge in [-0.3, -0.25) is 0 Å². The SMILES string of the molecule is CC(C)(C)OC(=O)N1CCC(Nc2ccc(S(=O)(=O)c3ccccc3)cc2O)CC1. The van der Waals surface area contributed by atoms with Crippen molar-refractivity contribution in [1.82, 2.24) is 4.90 Å². The Labute approximate surface area is 177 Å². The highest BCUT2D eigenvalue weighted by Crippen LogP contribution is 2.31. The molecule has 0 unspecified atom stereocenters. The van der Waals surface area contributed by atoms with Crippen molar-refractivity contribution in [3.63, 3.8) is 0 Å². The van der Waals surface area contributed by atoms with Crippen molar-refractivity contribution in [3.8, 4) is 5.75 Å². The fourth-order valence-electron chi connectivity index (χ4n) is 3.29. The van der Waals surface area contributed by atoms with Gasteiger partial charge in [0.05, 0.1) is 15.5 Å². The van der Waals surface area contributed by atoms with E-state index in [9.17, 15) is 18.3 Å². The topological polar surface area (TPSA) is 95.9 Å². The minimum absolute atomic E-state index is 0.0384. The van der Waals surface area contributed by atoms with E-state index in [0.717, 1.165) is 0 Å². The lowest BCUT2D eigenvalue weighted by molar-refractivity contribution is 0.0210. The summed E-state index contributed by atoms with van der Waals surface area (Å²) >= 11 is 0. The Kier molecular flexibility index (Phi) is 6.26. The van der Waals surface area contributed by atoms with E-state index in [4.69, 9.17) is 4.74 Å². The number of carbonyl (C=O) groups excluding carboxylic acids is 1. The monoisotopic (exact) mass is 432 g/mol. The van der Waals surface area contributed by atoms with Crippen LogP contribution in [0.3, 0.4) is 0 Å². The molecule has 2 aromatic rings. The molecule has 0 atom stereocenters. The second-order valence-electron chi connectivity index (χ2n) is 8.38. The van der Waals surface area contributed by atoms with Gasteiger partial charge in [-0.15, -0.1) is 0 Å². The van der Waals surface area contributed by atoms with Crippen LogP contribution in [-0.2, 0) is 14.6 Å². The van der Waals surface area contributed by atoms with Gasteiger partial charge in [0.2, 0.25) is 9.84 Å². The second-order valence-corrected chi connectivity index (χ2v) is 10.3. The first-order chi connectivity index (χ1) is 14.1. The molecule has 2 aromatic carbocycles. The van der Waals surface area contributed by atoms with E-state index in [-0.39, 0.29) is 27.7 Å². The van der Waals surface area contributed by atoms with Crippen molar-refractivity contribution in [2.75, 3.05) is 18.4 Å². The van der Waals surface area contributed by atoms with Crippen molar-refractivity contribution in [3.05, 3.63) is 48.5 Å². The Balaban J connectivity index is 1.63. The van der Waals surface area contributed by atoms with E-state index in [1.165, 1.54) is 24.3 Å². The van der Waals surface area contributed by atoms with Crippen LogP contribution in [0.1, 0.15) is 33.6 Å². The van der Waals surface area contributed by atoms with Crippen LogP contribution >= 0.6 is 0 Å². The highest BCUT2D eigenvalue weighted by Gasteiger charge is 2.27. The lowest BCUT2D eigenvalue weighted by Crippen LogP contribution is -2.44. The van der Waals surface area contributed by atoms with Crippen LogP contribution in [0.2, 0.25) is 0 Å². The molecule has 8 heteroatoms. The predicted octanol–water partition coefficient (Wildman–Crippen LogP) is 4.04. The number of hydrogen-bond acceptors (Lipinski definition) is 6. The number of likely N-dealkylation sites (tertiary alicyclic amines) is 1. The van der Waals surface area contributed by atoms with Crippen molar-refractivity contribution in [2.24, 2.45) is 0 Å². The summed E-state index contributed by atoms with van der Waals surface area (Å²) in [6, 6.07) is 12.5. The quantitative estimate of drug-likeness (QED) is 0.708. The predicted molar refractivity (Wildman–Crippen MR) is 114 cm³/mol. The van der Waals surface area contributed by atoms with Gasteiger partial charge in [0.1, 0.15) is 11.4 Å². The number of phenolic OH excluding ortho intramolecular Hbond substituents is 1. The molecule has 1 aliphatic rings. The normalized spacial score (nSPS) is 15.6. The van der Waals surface area contributed by atoms with Gasteiger partial charge in [0.25, 0.3) is 0 Å². The van der Waals surface area contributed by atoms with Gasteiger partial charge in [-0.2, -0.15) is 0 Å². The third kappa shape index (κ3) is 5.24. The molecule has 0 bridgehead atoms. The first-order valence-electron chi connectivity index (χ1n) is 9.94. The summed E-state index contributed by atoms with van der Waals surface area (Å²) in [5.74, 6) is -0.124. The number of ether oxygens (including phenoxy) is 1. The fourth-order valence-corrected chi connectivity index (χ4v) is 4.59. The van der Waals surface area contributed by atoms with Crippen molar-refractivity contribution in [2.45, 2.75) is 55.0 Å². The number of benzene rings is 2. The maximum absolute atomic E-state index is 12.7. The molecule has 0 saturated carbocycles. The van der Waals surface area contributed by atoms with Crippen LogP contribution in [0.25, 0.3) is 0 Å². The van der Waals surface area contributed by atoms with E-state index in [1.54, 1.807) is 29.2 Å². The van der Waals surface area contributed by atoms with E-state index in [2.05, 4.69) is 5.32 Å². The first kappa shape index (κ1) is 22.0. The molecular weight excluding hydrogens is 404 g/mol. The molecule has 162 valence electrons. The van der Waals surface area contributed by atoms with Gasteiger partial charge in [-0.1, -0.05) is 18.2 Å². The molecule has 0 aliphatic carbocycles. The highest BCUT2D eigenvalue weighted by molar-refractivity contribution is 7.91. The lowest BCUT2D eigenvalue weighted by atomic mass is 10.0. The molecule has 1 saturated heterocycles. The summed E-state index contributed by atoms with van der Waals surface area (Å²) in [6.07, 6.45) is 1.07. The van der Waals surface area contributed by atoms with E-state index in [0.29, 0.717) is 31.6 Å². The summed E-state index contributed by atoms with van der Waals surface area (Å²) in [5, 5.41) is 13.6. The number of piperidine rings is 1. The van der Waals surface area contributed by atoms with Gasteiger partial charge in [0, 0.05) is 25.2 Å². The number of rotatable bonds is 4. The average Bonchev–Trinajstić information content (AvgIpc) is 2.69. The average molecular weight is 433 g/mol. The fraction of sp³-hybridized carbons (Fsp3) is 0.409. The number of amides is 1. The van der Waals surface area contributed by atoms with Crippen molar-refractivity contribution >= 4 is 21.6 Å². The number of phenols is 1. The first-order valence-corrected chi connectivity index (χ1v) is 11.4. The smallest absolute Gasteiger partial charge is 0.410 e. The molecule has 0 radical (unpaired) electrons. The maximum atomic E-state index is 12.7. The van der Waals surface area contributed by atoms with E-state index >= 15 is 0 Å². The van der Waals surface area contributed by atoms with Crippen LogP contribution in [0.4, 0.5) is 10.5 Å². The largest absolute Gasteiger partial charge is 0.506 e. The maximum Gasteiger partial charge on any atom is 0.410 e. The van der Waals surface area contributed by atoms with Gasteiger partial charge in [-0.25, -0.2) is 13.2 Å². The highest BCUT2D eigenvalue weighted by atomic mass is 32.2. The van der Waals surface area contributed by atoms with Crippen molar-refractivity contribution in [1.29, 1.82) is 0 Å². The lowest BCUT2D eigenvalue weighted by Gasteiger charge is -2.34. The molecule has 1 aliphatic heterocycles. The van der Waals surface area contributed by atoms with Crippen LogP contribution in [0.15, 0.2) is 58.3 Å². The Bertz CT molecular complexity index is 992. The zero-order valence-corrected chi connectivity index (χ0v) is 18.3. The minimum atomic E-state index is -3.69. The molecular formula is C22H28N2O5S. The Morgan fingerprint density at radius 3 is 2.27 bits per heavy atom. The standard InChI is InChI=1S/C22H28N2O5S/c1-22(2,3)29-21(26)24-13-11-16(12-14-24)23-19-10-9-18(15-20(19)25)30(27,28)17-7-5-4-6-8-17/h4-10,15-16,23,25H,11-14H2,1-3H3. The molecule has 7 nitrogen and oxygen atoms in total. The van der Waals surface area contributed by atoms with Gasteiger partial charge in [-0.05, 0) is 57.9 Å². The molecule has 0 aromatic heterocycles. The molecule has 30 heavy (non-hydrogen) atoms. The number of aromatic hydroxyl groups is 1. The molecule has 2 N–H and O–H groups in total. The Morgan fingerprint density at radius 1 is 1.07 bits per heavy atom. The Hall–Kier alpha value is -2.74. The molecule has 1 fully saturated rings. The Morgan fingerprint density at radius 2 is 1.70 bits per heavy atom. The zero-order chi connectivity index (χ0) is 21.9. The van der Waals surface area contributed by atoms with Crippen LogP contribution in [0, 0.1) is 0 Å². The minimum Gasteiger partial charge on any atom is -0.506 e. The van der Waals surface area contributed by atoms with Crippen LogP contribution in [0.5, 0.6) is 5.75 Å². The van der Waals surface area contributed by atoms with Gasteiger partial charge in [0.15, 0.2) is 0 Å². The number of sulfone groups is 1. The van der Waals surface area contributed by atoms with E-state index in [1.807, 2.05) is 20.8 Å². The summed E-state index contributed by atoms with van der Waals surface area (Å²) < 4.78 is 30.8. The molecule has 3 rings (SSSR count). The van der Waals surface area contributed by atoms with Gasteiger partial charge >= 0.3 is 6.09 Å². The second kappa shape index (κ2) is 8.55. The van der Waals surface area contributed by atoms with Gasteiger partial charge < -0.3 is 20.1 Å². The van der Waals surface area contributed by atoms with Crippen LogP contribution < -0.4 is 5.32 Å². The number of hydrogen-bond donors (Lipinski definition) is 2.